The van der Waals surface area contributed by atoms with Crippen molar-refractivity contribution in [2.24, 2.45) is 5.92 Å². The summed E-state index contributed by atoms with van der Waals surface area (Å²) in [6.45, 7) is 8.53. The molecule has 0 spiro atoms. The molecule has 6 nitrogen and oxygen atoms in total. The number of carbonyl (C=O) groups is 1. The van der Waals surface area contributed by atoms with Crippen LogP contribution in [0.15, 0.2) is 59.4 Å². The minimum absolute atomic E-state index is 0.0750. The Morgan fingerprint density at radius 1 is 1.19 bits per heavy atom. The van der Waals surface area contributed by atoms with E-state index < -0.39 is 5.54 Å². The standard InChI is InChI=1S/C26H32N4O2/c1-19(2)17-28-25(31)26(11-4-14-30(26)18-21-9-12-27-13-10-21)16-23-15-24(29-32-23)22-7-5-20(3)6-8-22/h5-10,12-13,15,19H,4,11,14,16-18H2,1-3H3,(H,28,31)/t26-/m1/s1. The zero-order chi connectivity index (χ0) is 22.6. The van der Waals surface area contributed by atoms with Crippen LogP contribution in [-0.2, 0) is 17.8 Å². The largest absolute Gasteiger partial charge is 0.361 e. The fraction of sp³-hybridized carbons (Fsp3) is 0.423. The Bertz CT molecular complexity index is 1030. The second-order valence-corrected chi connectivity index (χ2v) is 9.24. The molecule has 168 valence electrons. The van der Waals surface area contributed by atoms with Gasteiger partial charge in [-0.1, -0.05) is 48.8 Å². The molecular formula is C26H32N4O2. The van der Waals surface area contributed by atoms with Gasteiger partial charge in [0.1, 0.15) is 17.0 Å². The summed E-state index contributed by atoms with van der Waals surface area (Å²) in [5.41, 5.74) is 3.53. The summed E-state index contributed by atoms with van der Waals surface area (Å²) in [4.78, 5) is 20.0. The van der Waals surface area contributed by atoms with Crippen molar-refractivity contribution in [1.82, 2.24) is 20.4 Å². The van der Waals surface area contributed by atoms with Gasteiger partial charge in [-0.05, 0) is 49.9 Å². The number of hydrogen-bond donors (Lipinski definition) is 1. The first kappa shape index (κ1) is 22.2. The van der Waals surface area contributed by atoms with Crippen molar-refractivity contribution in [3.63, 3.8) is 0 Å². The van der Waals surface area contributed by atoms with Crippen molar-refractivity contribution in [2.45, 2.75) is 52.1 Å². The zero-order valence-electron chi connectivity index (χ0n) is 19.2. The molecule has 0 saturated carbocycles. The van der Waals surface area contributed by atoms with Gasteiger partial charge in [0.05, 0.1) is 0 Å². The van der Waals surface area contributed by atoms with Gasteiger partial charge in [-0.2, -0.15) is 0 Å². The normalized spacial score (nSPS) is 18.9. The predicted molar refractivity (Wildman–Crippen MR) is 125 cm³/mol. The number of nitrogens with zero attached hydrogens (tertiary/aromatic N) is 3. The van der Waals surface area contributed by atoms with E-state index in [4.69, 9.17) is 4.52 Å². The second kappa shape index (κ2) is 9.65. The summed E-state index contributed by atoms with van der Waals surface area (Å²) in [5.74, 6) is 1.21. The maximum Gasteiger partial charge on any atom is 0.241 e. The van der Waals surface area contributed by atoms with E-state index in [0.717, 1.165) is 42.0 Å². The van der Waals surface area contributed by atoms with Crippen molar-refractivity contribution in [1.29, 1.82) is 0 Å². The van der Waals surface area contributed by atoms with Gasteiger partial charge in [0, 0.05) is 43.5 Å². The molecule has 6 heteroatoms. The van der Waals surface area contributed by atoms with Gasteiger partial charge < -0.3 is 9.84 Å². The number of aryl methyl sites for hydroxylation is 1. The van der Waals surface area contributed by atoms with Crippen LogP contribution in [0, 0.1) is 12.8 Å². The molecule has 2 aromatic heterocycles. The molecule has 0 aliphatic carbocycles. The summed E-state index contributed by atoms with van der Waals surface area (Å²) in [7, 11) is 0. The number of carbonyl (C=O) groups excluding carboxylic acids is 1. The van der Waals surface area contributed by atoms with Crippen molar-refractivity contribution >= 4 is 5.91 Å². The summed E-state index contributed by atoms with van der Waals surface area (Å²) in [6, 6.07) is 14.2. The maximum atomic E-state index is 13.6. The van der Waals surface area contributed by atoms with Crippen LogP contribution in [-0.4, -0.2) is 39.6 Å². The highest BCUT2D eigenvalue weighted by Gasteiger charge is 2.48. The van der Waals surface area contributed by atoms with Crippen LogP contribution in [0.1, 0.15) is 43.6 Å². The third kappa shape index (κ3) is 4.91. The smallest absolute Gasteiger partial charge is 0.241 e. The average molecular weight is 433 g/mol. The van der Waals surface area contributed by atoms with Crippen molar-refractivity contribution in [2.75, 3.05) is 13.1 Å². The monoisotopic (exact) mass is 432 g/mol. The van der Waals surface area contributed by atoms with Crippen molar-refractivity contribution in [3.05, 3.63) is 71.7 Å². The number of hydrogen-bond acceptors (Lipinski definition) is 5. The van der Waals surface area contributed by atoms with Gasteiger partial charge in [-0.25, -0.2) is 0 Å². The molecule has 1 aliphatic heterocycles. The molecule has 3 aromatic rings. The molecule has 0 unspecified atom stereocenters. The molecule has 1 N–H and O–H groups in total. The van der Waals surface area contributed by atoms with E-state index in [0.29, 0.717) is 25.4 Å². The number of amides is 1. The molecule has 1 aromatic carbocycles. The number of pyridine rings is 1. The fourth-order valence-corrected chi connectivity index (χ4v) is 4.42. The van der Waals surface area contributed by atoms with Crippen LogP contribution in [0.25, 0.3) is 11.3 Å². The molecule has 32 heavy (non-hydrogen) atoms. The summed E-state index contributed by atoms with van der Waals surface area (Å²) in [6.07, 6.45) is 5.87. The van der Waals surface area contributed by atoms with Crippen LogP contribution in [0.4, 0.5) is 0 Å². The van der Waals surface area contributed by atoms with E-state index in [2.05, 4.69) is 53.3 Å². The van der Waals surface area contributed by atoms with E-state index in [1.54, 1.807) is 12.4 Å². The number of nitrogens with one attached hydrogen (secondary N) is 1. The third-order valence-corrected chi connectivity index (χ3v) is 6.21. The van der Waals surface area contributed by atoms with Gasteiger partial charge in [0.25, 0.3) is 0 Å². The van der Waals surface area contributed by atoms with E-state index in [1.807, 2.05) is 30.3 Å². The number of benzene rings is 1. The van der Waals surface area contributed by atoms with Crippen LogP contribution in [0.5, 0.6) is 0 Å². The highest BCUT2D eigenvalue weighted by atomic mass is 16.5. The number of likely N-dealkylation sites (tertiary alicyclic amines) is 1. The van der Waals surface area contributed by atoms with Gasteiger partial charge in [0.15, 0.2) is 0 Å². The lowest BCUT2D eigenvalue weighted by Crippen LogP contribution is -2.57. The molecule has 1 atom stereocenters. The van der Waals surface area contributed by atoms with Crippen molar-refractivity contribution < 1.29 is 9.32 Å². The SMILES string of the molecule is Cc1ccc(-c2cc(C[C@@]3(C(=O)NCC(C)C)CCCN3Cc3ccncc3)on2)cc1. The Kier molecular flexibility index (Phi) is 6.70. The Balaban J connectivity index is 1.61. The first-order valence-corrected chi connectivity index (χ1v) is 11.4. The highest BCUT2D eigenvalue weighted by Crippen LogP contribution is 2.35. The molecule has 0 radical (unpaired) electrons. The molecular weight excluding hydrogens is 400 g/mol. The Labute approximate surface area is 190 Å². The molecule has 1 amide bonds. The molecule has 3 heterocycles. The second-order valence-electron chi connectivity index (χ2n) is 9.24. The Morgan fingerprint density at radius 2 is 1.94 bits per heavy atom. The summed E-state index contributed by atoms with van der Waals surface area (Å²) < 4.78 is 5.74. The lowest BCUT2D eigenvalue weighted by Gasteiger charge is -2.37. The topological polar surface area (TPSA) is 71.3 Å². The maximum absolute atomic E-state index is 13.6. The minimum atomic E-state index is -0.651. The van der Waals surface area contributed by atoms with E-state index in [-0.39, 0.29) is 5.91 Å². The van der Waals surface area contributed by atoms with Crippen molar-refractivity contribution in [3.8, 4) is 11.3 Å². The van der Waals surface area contributed by atoms with Gasteiger partial charge in [-0.15, -0.1) is 0 Å². The van der Waals surface area contributed by atoms with Gasteiger partial charge >= 0.3 is 0 Å². The first-order chi connectivity index (χ1) is 15.5. The summed E-state index contributed by atoms with van der Waals surface area (Å²) in [5, 5.41) is 7.49. The van der Waals surface area contributed by atoms with E-state index in [1.165, 1.54) is 5.56 Å². The molecule has 1 aliphatic rings. The molecule has 4 rings (SSSR count). The number of aromatic nitrogens is 2. The van der Waals surface area contributed by atoms with Gasteiger partial charge in [0.2, 0.25) is 5.91 Å². The third-order valence-electron chi connectivity index (χ3n) is 6.21. The Morgan fingerprint density at radius 3 is 2.66 bits per heavy atom. The van der Waals surface area contributed by atoms with E-state index in [9.17, 15) is 4.79 Å². The quantitative estimate of drug-likeness (QED) is 0.571. The van der Waals surface area contributed by atoms with Crippen LogP contribution < -0.4 is 5.32 Å². The molecule has 1 fully saturated rings. The molecule has 0 bridgehead atoms. The highest BCUT2D eigenvalue weighted by molar-refractivity contribution is 5.87. The molecule has 1 saturated heterocycles. The van der Waals surface area contributed by atoms with Crippen LogP contribution in [0.2, 0.25) is 0 Å². The van der Waals surface area contributed by atoms with E-state index >= 15 is 0 Å². The lowest BCUT2D eigenvalue weighted by molar-refractivity contribution is -0.132. The lowest BCUT2D eigenvalue weighted by atomic mass is 9.88. The predicted octanol–water partition coefficient (Wildman–Crippen LogP) is 4.39. The fourth-order valence-electron chi connectivity index (χ4n) is 4.42. The summed E-state index contributed by atoms with van der Waals surface area (Å²) >= 11 is 0. The average Bonchev–Trinajstić information content (AvgIpc) is 3.41. The Hall–Kier alpha value is -2.99. The number of rotatable bonds is 8. The van der Waals surface area contributed by atoms with Gasteiger partial charge in [-0.3, -0.25) is 14.7 Å². The minimum Gasteiger partial charge on any atom is -0.361 e. The van der Waals surface area contributed by atoms with Crippen LogP contribution in [0.3, 0.4) is 0 Å². The zero-order valence-corrected chi connectivity index (χ0v) is 19.2. The van der Waals surface area contributed by atoms with Crippen LogP contribution >= 0.6 is 0 Å². The first-order valence-electron chi connectivity index (χ1n) is 11.4.